The van der Waals surface area contributed by atoms with E-state index in [0.717, 1.165) is 12.8 Å². The Morgan fingerprint density at radius 2 is 1.33 bits per heavy atom. The van der Waals surface area contributed by atoms with Crippen molar-refractivity contribution in [3.8, 4) is 0 Å². The minimum absolute atomic E-state index is 0. The minimum atomic E-state index is -0.0677. The molecule has 0 spiro atoms. The van der Waals surface area contributed by atoms with Crippen LogP contribution >= 0.6 is 0 Å². The molecule has 1 aliphatic rings. The van der Waals surface area contributed by atoms with E-state index < -0.39 is 0 Å². The SMILES string of the molecule is CC1(C)CCCC(C)(C)[NH+]1[O-].O. The molecule has 0 amide bonds. The molecular weight excluding hydrogens is 154 g/mol. The van der Waals surface area contributed by atoms with Gasteiger partial charge in [0.1, 0.15) is 0 Å². The number of rotatable bonds is 0. The van der Waals surface area contributed by atoms with Gasteiger partial charge in [-0.2, -0.15) is 0 Å². The highest BCUT2D eigenvalue weighted by molar-refractivity contribution is 4.80. The fraction of sp³-hybridized carbons (Fsp3) is 1.00. The molecule has 74 valence electrons. The highest BCUT2D eigenvalue weighted by Crippen LogP contribution is 2.22. The van der Waals surface area contributed by atoms with Gasteiger partial charge in [-0.3, -0.25) is 0 Å². The van der Waals surface area contributed by atoms with Gasteiger partial charge in [0.25, 0.3) is 0 Å². The molecule has 0 bridgehead atoms. The molecule has 0 aromatic carbocycles. The summed E-state index contributed by atoms with van der Waals surface area (Å²) in [4.78, 5) is 0. The van der Waals surface area contributed by atoms with Crippen LogP contribution in [0.2, 0.25) is 0 Å². The third-order valence-corrected chi connectivity index (χ3v) is 2.83. The number of quaternary nitrogens is 1. The molecule has 12 heavy (non-hydrogen) atoms. The molecule has 1 rings (SSSR count). The van der Waals surface area contributed by atoms with Crippen LogP contribution in [0.4, 0.5) is 0 Å². The van der Waals surface area contributed by atoms with Crippen LogP contribution in [0, 0.1) is 5.21 Å². The molecule has 0 saturated carbocycles. The van der Waals surface area contributed by atoms with E-state index in [2.05, 4.69) is 27.7 Å². The first-order valence-corrected chi connectivity index (χ1v) is 4.41. The quantitative estimate of drug-likeness (QED) is 0.528. The number of piperidine rings is 1. The Hall–Kier alpha value is -0.120. The second-order valence-electron chi connectivity index (χ2n) is 4.95. The fourth-order valence-electron chi connectivity index (χ4n) is 2.12. The van der Waals surface area contributed by atoms with Gasteiger partial charge >= 0.3 is 0 Å². The maximum atomic E-state index is 11.8. The Morgan fingerprint density at radius 1 is 1.00 bits per heavy atom. The number of hydroxylamine groups is 2. The Kier molecular flexibility index (Phi) is 3.29. The van der Waals surface area contributed by atoms with Gasteiger partial charge in [-0.05, 0) is 34.1 Å². The average Bonchev–Trinajstić information content (AvgIpc) is 1.82. The molecule has 1 heterocycles. The van der Waals surface area contributed by atoms with Crippen molar-refractivity contribution >= 4 is 0 Å². The van der Waals surface area contributed by atoms with Crippen molar-refractivity contribution in [3.63, 3.8) is 0 Å². The largest absolute Gasteiger partial charge is 0.634 e. The lowest BCUT2D eigenvalue weighted by Gasteiger charge is -2.52. The van der Waals surface area contributed by atoms with Crippen LogP contribution in [-0.4, -0.2) is 16.6 Å². The molecule has 1 aliphatic heterocycles. The molecular formula is C9H21NO2. The number of nitrogens with one attached hydrogen (secondary N) is 1. The van der Waals surface area contributed by atoms with Crippen LogP contribution < -0.4 is 5.06 Å². The molecule has 0 unspecified atom stereocenters. The molecule has 0 radical (unpaired) electrons. The summed E-state index contributed by atoms with van der Waals surface area (Å²) in [6, 6.07) is 0. The van der Waals surface area contributed by atoms with Gasteiger partial charge in [0.15, 0.2) is 0 Å². The van der Waals surface area contributed by atoms with Crippen molar-refractivity contribution in [2.45, 2.75) is 58.0 Å². The second kappa shape index (κ2) is 3.32. The predicted octanol–water partition coefficient (Wildman–Crippen LogP) is 0.285. The molecule has 1 saturated heterocycles. The van der Waals surface area contributed by atoms with E-state index in [9.17, 15) is 5.21 Å². The Morgan fingerprint density at radius 3 is 1.58 bits per heavy atom. The average molecular weight is 175 g/mol. The first kappa shape index (κ1) is 11.9. The summed E-state index contributed by atoms with van der Waals surface area (Å²) in [5, 5.41) is 12.2. The molecule has 0 aromatic heterocycles. The fourth-order valence-corrected chi connectivity index (χ4v) is 2.12. The van der Waals surface area contributed by atoms with Crippen LogP contribution in [0.25, 0.3) is 0 Å². The van der Waals surface area contributed by atoms with Crippen molar-refractivity contribution in [2.24, 2.45) is 0 Å². The minimum Gasteiger partial charge on any atom is -0.634 e. The van der Waals surface area contributed by atoms with Gasteiger partial charge in [-0.25, -0.2) is 0 Å². The maximum Gasteiger partial charge on any atom is 0.0921 e. The summed E-state index contributed by atoms with van der Waals surface area (Å²) in [6.07, 6.45) is 3.33. The highest BCUT2D eigenvalue weighted by Gasteiger charge is 2.40. The van der Waals surface area contributed by atoms with Crippen molar-refractivity contribution in [2.75, 3.05) is 0 Å². The lowest BCUT2D eigenvalue weighted by Crippen LogP contribution is -3.22. The molecule has 0 aliphatic carbocycles. The zero-order valence-corrected chi connectivity index (χ0v) is 8.53. The Balaban J connectivity index is 0.00000121. The van der Waals surface area contributed by atoms with Crippen molar-refractivity contribution in [1.29, 1.82) is 0 Å². The predicted molar refractivity (Wildman–Crippen MR) is 50.0 cm³/mol. The lowest BCUT2D eigenvalue weighted by molar-refractivity contribution is -0.955. The van der Waals surface area contributed by atoms with Crippen LogP contribution in [0.1, 0.15) is 47.0 Å². The van der Waals surface area contributed by atoms with Crippen molar-refractivity contribution in [1.82, 2.24) is 0 Å². The van der Waals surface area contributed by atoms with E-state index in [1.165, 1.54) is 6.42 Å². The zero-order valence-electron chi connectivity index (χ0n) is 8.53. The molecule has 3 nitrogen and oxygen atoms in total. The van der Waals surface area contributed by atoms with Gasteiger partial charge in [-0.15, -0.1) is 0 Å². The Bertz CT molecular complexity index is 139. The molecule has 0 atom stereocenters. The summed E-state index contributed by atoms with van der Waals surface area (Å²) in [6.45, 7) is 8.26. The smallest absolute Gasteiger partial charge is 0.0921 e. The van der Waals surface area contributed by atoms with E-state index in [-0.39, 0.29) is 16.6 Å². The van der Waals surface area contributed by atoms with E-state index in [1.54, 1.807) is 0 Å². The van der Waals surface area contributed by atoms with Gasteiger partial charge in [0, 0.05) is 12.8 Å². The maximum absolute atomic E-state index is 11.8. The Labute approximate surface area is 74.6 Å². The molecule has 3 N–H and O–H groups in total. The normalized spacial score (nSPS) is 27.8. The van der Waals surface area contributed by atoms with E-state index in [1.807, 2.05) is 0 Å². The van der Waals surface area contributed by atoms with Crippen LogP contribution in [0.15, 0.2) is 0 Å². The van der Waals surface area contributed by atoms with Gasteiger partial charge < -0.3 is 15.7 Å². The monoisotopic (exact) mass is 175 g/mol. The highest BCUT2D eigenvalue weighted by atomic mass is 16.5. The number of hydrogen-bond acceptors (Lipinski definition) is 1. The van der Waals surface area contributed by atoms with E-state index in [0.29, 0.717) is 5.06 Å². The summed E-state index contributed by atoms with van der Waals surface area (Å²) in [5.41, 5.74) is -0.135. The molecule has 1 fully saturated rings. The number of hydrogen-bond donors (Lipinski definition) is 1. The van der Waals surface area contributed by atoms with E-state index >= 15 is 0 Å². The summed E-state index contributed by atoms with van der Waals surface area (Å²) < 4.78 is 0. The van der Waals surface area contributed by atoms with Crippen molar-refractivity contribution < 1.29 is 10.5 Å². The third-order valence-electron chi connectivity index (χ3n) is 2.83. The first-order valence-electron chi connectivity index (χ1n) is 4.41. The topological polar surface area (TPSA) is 59.0 Å². The van der Waals surface area contributed by atoms with Gasteiger partial charge in [0.2, 0.25) is 0 Å². The summed E-state index contributed by atoms with van der Waals surface area (Å²) in [7, 11) is 0. The van der Waals surface area contributed by atoms with Crippen LogP contribution in [0.3, 0.4) is 0 Å². The summed E-state index contributed by atoms with van der Waals surface area (Å²) in [5.74, 6) is 0. The van der Waals surface area contributed by atoms with Crippen LogP contribution in [-0.2, 0) is 0 Å². The lowest BCUT2D eigenvalue weighted by atomic mass is 9.82. The van der Waals surface area contributed by atoms with Gasteiger partial charge in [-0.1, -0.05) is 0 Å². The van der Waals surface area contributed by atoms with Gasteiger partial charge in [0.05, 0.1) is 11.1 Å². The molecule has 0 aromatic rings. The third kappa shape index (κ3) is 1.97. The zero-order chi connectivity index (χ0) is 8.70. The second-order valence-corrected chi connectivity index (χ2v) is 4.95. The molecule has 3 heteroatoms. The van der Waals surface area contributed by atoms with Crippen molar-refractivity contribution in [3.05, 3.63) is 5.21 Å². The van der Waals surface area contributed by atoms with E-state index in [4.69, 9.17) is 0 Å². The first-order chi connectivity index (χ1) is 4.86. The van der Waals surface area contributed by atoms with Crippen LogP contribution in [0.5, 0.6) is 0 Å². The standard InChI is InChI=1S/C9H19NO.H2O/c1-8(2)6-5-7-9(3,4)10(8)11;/h10H,5-7H2,1-4H3;1H2. The summed E-state index contributed by atoms with van der Waals surface area (Å²) >= 11 is 0.